The minimum atomic E-state index is -0.684. The van der Waals surface area contributed by atoms with Crippen LogP contribution in [-0.4, -0.2) is 0 Å². The Hall–Kier alpha value is -7.82. The van der Waals surface area contributed by atoms with Crippen molar-refractivity contribution < 1.29 is 8.78 Å². The second kappa shape index (κ2) is 15.7. The summed E-state index contributed by atoms with van der Waals surface area (Å²) in [6, 6.07) is 71.7. The van der Waals surface area contributed by atoms with Gasteiger partial charge >= 0.3 is 0 Å². The lowest BCUT2D eigenvalue weighted by Crippen LogP contribution is -2.26. The van der Waals surface area contributed by atoms with Gasteiger partial charge in [-0.3, -0.25) is 0 Å². The molecule has 2 nitrogen and oxygen atoms in total. The molecule has 0 fully saturated rings. The standard InChI is InChI=1S/C63H48F2N2/c1-39(2)41-17-26-46(27-18-41)66(47-30-22-44(64)23-31-47)50-34-36-51-43(37-50)21-35-56-61-55-14-6-5-13-54(55)60(67(49-32-24-45(65)25-33-49)48-28-19-42(20-29-48)40(3)4)38-59(61)63(62(51)56)57-15-9-7-11-52(57)53-12-8-10-16-58(53)63/h5-40H,1-4H3. The van der Waals surface area contributed by atoms with Crippen LogP contribution in [0.15, 0.2) is 206 Å². The van der Waals surface area contributed by atoms with E-state index in [0.29, 0.717) is 11.8 Å². The Morgan fingerprint density at radius 1 is 0.373 bits per heavy atom. The molecule has 0 unspecified atom stereocenters. The molecule has 67 heavy (non-hydrogen) atoms. The third kappa shape index (κ3) is 6.27. The normalized spacial score (nSPS) is 13.0. The van der Waals surface area contributed by atoms with E-state index in [1.165, 1.54) is 73.2 Å². The number of hydrogen-bond acceptors (Lipinski definition) is 2. The van der Waals surface area contributed by atoms with Gasteiger partial charge in [-0.2, -0.15) is 0 Å². The molecular formula is C63H48F2N2. The van der Waals surface area contributed by atoms with Crippen molar-refractivity contribution in [3.05, 3.63) is 251 Å². The molecule has 0 N–H and O–H groups in total. The Kier molecular flexibility index (Phi) is 9.51. The quantitative estimate of drug-likeness (QED) is 0.150. The van der Waals surface area contributed by atoms with Crippen molar-refractivity contribution in [3.63, 3.8) is 0 Å². The molecule has 2 aliphatic rings. The van der Waals surface area contributed by atoms with Crippen LogP contribution < -0.4 is 9.80 Å². The van der Waals surface area contributed by atoms with Crippen LogP contribution in [0.5, 0.6) is 0 Å². The fraction of sp³-hybridized carbons (Fsp3) is 0.111. The number of hydrogen-bond donors (Lipinski definition) is 0. The SMILES string of the molecule is CC(C)c1ccc(N(c2ccc(F)cc2)c2ccc3c4c(ccc3c2)-c2c(cc(N(c3ccc(F)cc3)c3ccc(C(C)C)cc3)c3ccccc23)C42c3ccccc3-c3ccccc32)cc1. The minimum Gasteiger partial charge on any atom is -0.310 e. The van der Waals surface area contributed by atoms with Gasteiger partial charge in [0.2, 0.25) is 0 Å². The molecule has 10 aromatic carbocycles. The highest BCUT2D eigenvalue weighted by atomic mass is 19.1. The van der Waals surface area contributed by atoms with E-state index in [-0.39, 0.29) is 11.6 Å². The van der Waals surface area contributed by atoms with E-state index >= 15 is 0 Å². The van der Waals surface area contributed by atoms with Crippen molar-refractivity contribution in [3.8, 4) is 22.3 Å². The number of fused-ring (bicyclic) bond motifs is 14. The maximum atomic E-state index is 14.8. The van der Waals surface area contributed by atoms with Crippen LogP contribution in [0.2, 0.25) is 0 Å². The Bertz CT molecular complexity index is 3490. The van der Waals surface area contributed by atoms with Crippen LogP contribution in [0.1, 0.15) is 72.9 Å². The van der Waals surface area contributed by atoms with Gasteiger partial charge in [-0.25, -0.2) is 8.78 Å². The molecule has 0 heterocycles. The lowest BCUT2D eigenvalue weighted by atomic mass is 9.69. The summed E-state index contributed by atoms with van der Waals surface area (Å²) in [4.78, 5) is 4.52. The molecule has 0 radical (unpaired) electrons. The topological polar surface area (TPSA) is 6.48 Å². The third-order valence-corrected chi connectivity index (χ3v) is 14.3. The van der Waals surface area contributed by atoms with Crippen molar-refractivity contribution in [2.45, 2.75) is 44.9 Å². The molecule has 10 aromatic rings. The van der Waals surface area contributed by atoms with E-state index < -0.39 is 5.41 Å². The van der Waals surface area contributed by atoms with Gasteiger partial charge in [-0.15, -0.1) is 0 Å². The molecule has 0 aliphatic heterocycles. The van der Waals surface area contributed by atoms with E-state index in [9.17, 15) is 8.78 Å². The number of benzene rings is 10. The Morgan fingerprint density at radius 2 is 0.836 bits per heavy atom. The molecule has 0 amide bonds. The van der Waals surface area contributed by atoms with Gasteiger partial charge in [-0.1, -0.05) is 143 Å². The largest absolute Gasteiger partial charge is 0.310 e. The first-order valence-electron chi connectivity index (χ1n) is 23.3. The van der Waals surface area contributed by atoms with E-state index in [0.717, 1.165) is 50.3 Å². The number of halogens is 2. The van der Waals surface area contributed by atoms with E-state index in [1.807, 2.05) is 24.3 Å². The lowest BCUT2D eigenvalue weighted by Gasteiger charge is -2.34. The minimum absolute atomic E-state index is 0.268. The Labute approximate surface area is 391 Å². The highest BCUT2D eigenvalue weighted by molar-refractivity contribution is 6.15. The maximum Gasteiger partial charge on any atom is 0.123 e. The molecule has 4 heteroatoms. The lowest BCUT2D eigenvalue weighted by molar-refractivity contribution is 0.627. The summed E-state index contributed by atoms with van der Waals surface area (Å²) in [5.74, 6) is 0.235. The van der Waals surface area contributed by atoms with Crippen molar-refractivity contribution in [2.75, 3.05) is 9.80 Å². The van der Waals surface area contributed by atoms with Gasteiger partial charge < -0.3 is 9.80 Å². The summed E-state index contributed by atoms with van der Waals surface area (Å²) < 4.78 is 29.2. The highest BCUT2D eigenvalue weighted by Gasteiger charge is 2.53. The monoisotopic (exact) mass is 870 g/mol. The fourth-order valence-corrected chi connectivity index (χ4v) is 11.2. The van der Waals surface area contributed by atoms with Crippen LogP contribution in [-0.2, 0) is 5.41 Å². The summed E-state index contributed by atoms with van der Waals surface area (Å²) in [7, 11) is 0. The van der Waals surface area contributed by atoms with Crippen molar-refractivity contribution >= 4 is 55.7 Å². The molecule has 1 spiro atoms. The summed E-state index contributed by atoms with van der Waals surface area (Å²) in [6.45, 7) is 8.84. The van der Waals surface area contributed by atoms with Gasteiger partial charge in [0, 0.05) is 33.8 Å². The average molecular weight is 871 g/mol. The van der Waals surface area contributed by atoms with Crippen LogP contribution in [0.3, 0.4) is 0 Å². The highest BCUT2D eigenvalue weighted by Crippen LogP contribution is 2.66. The van der Waals surface area contributed by atoms with Gasteiger partial charge in [0.05, 0.1) is 11.1 Å². The molecule has 2 aliphatic carbocycles. The van der Waals surface area contributed by atoms with Crippen molar-refractivity contribution in [1.82, 2.24) is 0 Å². The summed E-state index contributed by atoms with van der Waals surface area (Å²) in [5, 5.41) is 4.54. The molecular weight excluding hydrogens is 823 g/mol. The van der Waals surface area contributed by atoms with Crippen LogP contribution in [0, 0.1) is 11.6 Å². The van der Waals surface area contributed by atoms with Crippen LogP contribution in [0.25, 0.3) is 43.8 Å². The zero-order valence-corrected chi connectivity index (χ0v) is 37.9. The first-order chi connectivity index (χ1) is 32.7. The maximum absolute atomic E-state index is 14.8. The third-order valence-electron chi connectivity index (χ3n) is 14.3. The second-order valence-corrected chi connectivity index (χ2v) is 18.7. The Morgan fingerprint density at radius 3 is 1.37 bits per heavy atom. The zero-order chi connectivity index (χ0) is 45.6. The fourth-order valence-electron chi connectivity index (χ4n) is 11.2. The molecule has 0 atom stereocenters. The van der Waals surface area contributed by atoms with Crippen LogP contribution >= 0.6 is 0 Å². The smallest absolute Gasteiger partial charge is 0.123 e. The zero-order valence-electron chi connectivity index (χ0n) is 37.9. The molecule has 324 valence electrons. The summed E-state index contributed by atoms with van der Waals surface area (Å²) >= 11 is 0. The molecule has 0 bridgehead atoms. The van der Waals surface area contributed by atoms with Crippen molar-refractivity contribution in [2.24, 2.45) is 0 Å². The summed E-state index contributed by atoms with van der Waals surface area (Å²) in [6.07, 6.45) is 0. The van der Waals surface area contributed by atoms with E-state index in [2.05, 4.69) is 195 Å². The van der Waals surface area contributed by atoms with Gasteiger partial charge in [0.15, 0.2) is 0 Å². The predicted molar refractivity (Wildman–Crippen MR) is 275 cm³/mol. The number of anilines is 6. The van der Waals surface area contributed by atoms with E-state index in [1.54, 1.807) is 12.1 Å². The van der Waals surface area contributed by atoms with Gasteiger partial charge in [0.1, 0.15) is 11.6 Å². The second-order valence-electron chi connectivity index (χ2n) is 18.7. The average Bonchev–Trinajstić information content (AvgIpc) is 3.83. The molecule has 0 saturated heterocycles. The summed E-state index contributed by atoms with van der Waals surface area (Å²) in [5.41, 5.74) is 17.5. The van der Waals surface area contributed by atoms with Gasteiger partial charge in [-0.05, 0) is 175 Å². The molecule has 0 aromatic heterocycles. The number of rotatable bonds is 8. The molecule has 0 saturated carbocycles. The van der Waals surface area contributed by atoms with Crippen LogP contribution in [0.4, 0.5) is 42.9 Å². The van der Waals surface area contributed by atoms with E-state index in [4.69, 9.17) is 0 Å². The predicted octanol–water partition coefficient (Wildman–Crippen LogP) is 17.8. The first kappa shape index (κ1) is 40.7. The Balaban J connectivity index is 1.15. The van der Waals surface area contributed by atoms with Crippen molar-refractivity contribution in [1.29, 1.82) is 0 Å². The molecule has 12 rings (SSSR count). The number of nitrogens with zero attached hydrogens (tertiary/aromatic N) is 2. The first-order valence-corrected chi connectivity index (χ1v) is 23.3. The van der Waals surface area contributed by atoms with Gasteiger partial charge in [0.25, 0.3) is 0 Å².